The molecule has 0 fully saturated rings. The number of amides is 1. The average molecular weight is 445 g/mol. The summed E-state index contributed by atoms with van der Waals surface area (Å²) in [6.45, 7) is 4.12. The summed E-state index contributed by atoms with van der Waals surface area (Å²) in [4.78, 5) is 24.9. The molecule has 0 heterocycles. The molecule has 5 heteroatoms. The summed E-state index contributed by atoms with van der Waals surface area (Å²) in [5.41, 5.74) is 4.72. The van der Waals surface area contributed by atoms with Gasteiger partial charge in [0.1, 0.15) is 5.75 Å². The smallest absolute Gasteiger partial charge is 0.343 e. The van der Waals surface area contributed by atoms with Crippen molar-refractivity contribution in [3.8, 4) is 5.75 Å². The Morgan fingerprint density at radius 1 is 0.939 bits per heavy atom. The molecule has 0 spiro atoms. The van der Waals surface area contributed by atoms with Crippen LogP contribution in [0.1, 0.15) is 73.4 Å². The third-order valence-corrected chi connectivity index (χ3v) is 5.53. The van der Waals surface area contributed by atoms with Gasteiger partial charge in [-0.25, -0.2) is 10.2 Å². The molecule has 0 aliphatic rings. The van der Waals surface area contributed by atoms with Crippen molar-refractivity contribution < 1.29 is 14.3 Å². The van der Waals surface area contributed by atoms with Gasteiger partial charge >= 0.3 is 5.97 Å². The van der Waals surface area contributed by atoms with E-state index < -0.39 is 5.97 Å². The fourth-order valence-corrected chi connectivity index (χ4v) is 3.72. The van der Waals surface area contributed by atoms with Gasteiger partial charge in [0.2, 0.25) is 5.91 Å². The third kappa shape index (κ3) is 7.28. The first kappa shape index (κ1) is 24.2. The van der Waals surface area contributed by atoms with Gasteiger partial charge in [-0.2, -0.15) is 5.10 Å². The molecule has 0 saturated carbocycles. The lowest BCUT2D eigenvalue weighted by Gasteiger charge is -2.11. The van der Waals surface area contributed by atoms with Crippen LogP contribution in [-0.2, 0) is 4.79 Å². The molecular formula is C28H32N2O3. The number of nitrogens with zero attached hydrogens (tertiary/aromatic N) is 1. The molecular weight excluding hydrogens is 412 g/mol. The van der Waals surface area contributed by atoms with Gasteiger partial charge in [-0.15, -0.1) is 0 Å². The highest BCUT2D eigenvalue weighted by Crippen LogP contribution is 2.27. The van der Waals surface area contributed by atoms with Crippen molar-refractivity contribution in [2.75, 3.05) is 0 Å². The van der Waals surface area contributed by atoms with Crippen LogP contribution >= 0.6 is 0 Å². The van der Waals surface area contributed by atoms with Crippen molar-refractivity contribution in [3.05, 3.63) is 77.4 Å². The van der Waals surface area contributed by atoms with Crippen LogP contribution in [0.15, 0.2) is 65.8 Å². The topological polar surface area (TPSA) is 67.8 Å². The lowest BCUT2D eigenvalue weighted by Crippen LogP contribution is -2.17. The minimum Gasteiger partial charge on any atom is -0.422 e. The molecule has 3 aromatic carbocycles. The second-order valence-electron chi connectivity index (χ2n) is 8.27. The van der Waals surface area contributed by atoms with Gasteiger partial charge in [-0.1, -0.05) is 87.1 Å². The highest BCUT2D eigenvalue weighted by atomic mass is 16.5. The fourth-order valence-electron chi connectivity index (χ4n) is 3.72. The maximum absolute atomic E-state index is 12.7. The van der Waals surface area contributed by atoms with E-state index >= 15 is 0 Å². The minimum atomic E-state index is -0.435. The molecule has 0 aliphatic carbocycles. The van der Waals surface area contributed by atoms with Gasteiger partial charge in [-0.05, 0) is 42.3 Å². The van der Waals surface area contributed by atoms with E-state index in [1.54, 1.807) is 24.4 Å². The summed E-state index contributed by atoms with van der Waals surface area (Å²) in [6.07, 6.45) is 8.77. The molecule has 0 aliphatic heterocycles. The van der Waals surface area contributed by atoms with Crippen LogP contribution in [0.5, 0.6) is 5.75 Å². The number of rotatable bonds is 11. The molecule has 5 nitrogen and oxygen atoms in total. The van der Waals surface area contributed by atoms with Crippen LogP contribution in [0.3, 0.4) is 0 Å². The van der Waals surface area contributed by atoms with E-state index in [-0.39, 0.29) is 5.91 Å². The first-order chi connectivity index (χ1) is 16.1. The monoisotopic (exact) mass is 444 g/mol. The normalized spacial score (nSPS) is 11.1. The van der Waals surface area contributed by atoms with Gasteiger partial charge < -0.3 is 4.74 Å². The van der Waals surface area contributed by atoms with Gasteiger partial charge in [-0.3, -0.25) is 4.79 Å². The Morgan fingerprint density at radius 2 is 1.73 bits per heavy atom. The lowest BCUT2D eigenvalue weighted by molar-refractivity contribution is -0.121. The van der Waals surface area contributed by atoms with Crippen molar-refractivity contribution >= 4 is 28.9 Å². The Morgan fingerprint density at radius 3 is 2.55 bits per heavy atom. The highest BCUT2D eigenvalue weighted by Gasteiger charge is 2.13. The van der Waals surface area contributed by atoms with E-state index in [0.29, 0.717) is 23.3 Å². The van der Waals surface area contributed by atoms with Crippen LogP contribution in [0, 0.1) is 6.92 Å². The number of esters is 1. The second kappa shape index (κ2) is 12.5. The van der Waals surface area contributed by atoms with Crippen LogP contribution in [0.4, 0.5) is 0 Å². The average Bonchev–Trinajstić information content (AvgIpc) is 2.82. The molecule has 0 saturated heterocycles. The molecule has 1 N–H and O–H groups in total. The molecule has 3 aromatic rings. The van der Waals surface area contributed by atoms with Crippen LogP contribution in [0.25, 0.3) is 10.8 Å². The van der Waals surface area contributed by atoms with Gasteiger partial charge in [0, 0.05) is 12.0 Å². The van der Waals surface area contributed by atoms with E-state index in [4.69, 9.17) is 4.74 Å². The third-order valence-electron chi connectivity index (χ3n) is 5.53. The summed E-state index contributed by atoms with van der Waals surface area (Å²) >= 11 is 0. The Labute approximate surface area is 195 Å². The number of aryl methyl sites for hydroxylation is 1. The van der Waals surface area contributed by atoms with Crippen molar-refractivity contribution in [1.29, 1.82) is 0 Å². The molecule has 0 aromatic heterocycles. The summed E-state index contributed by atoms with van der Waals surface area (Å²) in [7, 11) is 0. The minimum absolute atomic E-state index is 0.111. The van der Waals surface area contributed by atoms with Gasteiger partial charge in [0.25, 0.3) is 0 Å². The van der Waals surface area contributed by atoms with E-state index in [9.17, 15) is 9.59 Å². The van der Waals surface area contributed by atoms with Crippen molar-refractivity contribution in [1.82, 2.24) is 5.43 Å². The molecule has 3 rings (SSSR count). The first-order valence-corrected chi connectivity index (χ1v) is 11.7. The number of carbonyl (C=O) groups excluding carboxylic acids is 2. The predicted octanol–water partition coefficient (Wildman–Crippen LogP) is 6.57. The Hall–Kier alpha value is -3.47. The SMILES string of the molecule is CCCCCCCCC(=O)N/N=C\c1c(OC(=O)c2cccc(C)c2)ccc2ccccc12. The molecule has 33 heavy (non-hydrogen) atoms. The summed E-state index contributed by atoms with van der Waals surface area (Å²) in [5, 5.41) is 6.04. The standard InChI is InChI=1S/C28H32N2O3/c1-3-4-5-6-7-8-16-27(31)30-29-20-25-24-15-10-9-13-22(24)17-18-26(25)33-28(32)23-14-11-12-21(2)19-23/h9-15,17-20H,3-8,16H2,1-2H3,(H,30,31)/b29-20-. The summed E-state index contributed by atoms with van der Waals surface area (Å²) < 4.78 is 5.72. The highest BCUT2D eigenvalue weighted by molar-refractivity contribution is 6.04. The van der Waals surface area contributed by atoms with Gasteiger partial charge in [0.05, 0.1) is 11.8 Å². The number of hydrogen-bond acceptors (Lipinski definition) is 4. The number of hydrazone groups is 1. The first-order valence-electron chi connectivity index (χ1n) is 11.7. The lowest BCUT2D eigenvalue weighted by atomic mass is 10.0. The van der Waals surface area contributed by atoms with E-state index in [1.165, 1.54) is 19.3 Å². The van der Waals surface area contributed by atoms with Crippen molar-refractivity contribution in [2.45, 2.75) is 58.8 Å². The van der Waals surface area contributed by atoms with Gasteiger partial charge in [0.15, 0.2) is 0 Å². The van der Waals surface area contributed by atoms with E-state index in [2.05, 4.69) is 17.5 Å². The molecule has 172 valence electrons. The molecule has 0 unspecified atom stereocenters. The number of benzene rings is 3. The zero-order valence-electron chi connectivity index (χ0n) is 19.5. The van der Waals surface area contributed by atoms with Crippen molar-refractivity contribution in [2.24, 2.45) is 5.10 Å². The van der Waals surface area contributed by atoms with Crippen molar-refractivity contribution in [3.63, 3.8) is 0 Å². The molecule has 0 atom stereocenters. The maximum Gasteiger partial charge on any atom is 0.343 e. The number of hydrogen-bond donors (Lipinski definition) is 1. The fraction of sp³-hybridized carbons (Fsp3) is 0.321. The molecule has 1 amide bonds. The van der Waals surface area contributed by atoms with Crippen LogP contribution in [-0.4, -0.2) is 18.1 Å². The second-order valence-corrected chi connectivity index (χ2v) is 8.27. The quantitative estimate of drug-likeness (QED) is 0.120. The van der Waals surface area contributed by atoms with E-state index in [0.717, 1.165) is 35.6 Å². The number of nitrogens with one attached hydrogen (secondary N) is 1. The summed E-state index contributed by atoms with van der Waals surface area (Å²) in [5.74, 6) is -0.148. The maximum atomic E-state index is 12.7. The Balaban J connectivity index is 1.70. The Kier molecular flexibility index (Phi) is 9.19. The molecule has 0 radical (unpaired) electrons. The number of unbranched alkanes of at least 4 members (excludes halogenated alkanes) is 5. The zero-order chi connectivity index (χ0) is 23.5. The molecule has 0 bridgehead atoms. The zero-order valence-corrected chi connectivity index (χ0v) is 19.5. The largest absolute Gasteiger partial charge is 0.422 e. The number of ether oxygens (including phenoxy) is 1. The Bertz CT molecular complexity index is 1120. The summed E-state index contributed by atoms with van der Waals surface area (Å²) in [6, 6.07) is 18.7. The number of carbonyl (C=O) groups is 2. The van der Waals surface area contributed by atoms with Crippen LogP contribution in [0.2, 0.25) is 0 Å². The number of fused-ring (bicyclic) bond motifs is 1. The predicted molar refractivity (Wildman–Crippen MR) is 134 cm³/mol. The van der Waals surface area contributed by atoms with Crippen LogP contribution < -0.4 is 10.2 Å². The van der Waals surface area contributed by atoms with E-state index in [1.807, 2.05) is 49.4 Å².